The topological polar surface area (TPSA) is 164 Å². The number of hydroxylamine groups is 2. The molecular weight excluding hydrogens is 797 g/mol. The van der Waals surface area contributed by atoms with Crippen molar-refractivity contribution in [1.29, 1.82) is 0 Å². The average Bonchev–Trinajstić information content (AvgIpc) is 3.58. The van der Waals surface area contributed by atoms with E-state index in [-0.39, 0.29) is 57.2 Å². The van der Waals surface area contributed by atoms with Gasteiger partial charge in [-0.25, -0.2) is 9.59 Å². The second kappa shape index (κ2) is 22.9. The summed E-state index contributed by atoms with van der Waals surface area (Å²) in [6, 6.07) is 16.5. The van der Waals surface area contributed by atoms with Crippen molar-refractivity contribution in [3.8, 4) is 17.2 Å². The maximum absolute atomic E-state index is 14.4. The van der Waals surface area contributed by atoms with Crippen LogP contribution in [0, 0.1) is 20.8 Å². The van der Waals surface area contributed by atoms with Gasteiger partial charge >= 0.3 is 11.9 Å². The highest BCUT2D eigenvalue weighted by Crippen LogP contribution is 2.37. The number of hydrogen-bond acceptors (Lipinski definition) is 12. The van der Waals surface area contributed by atoms with Crippen LogP contribution in [0.5, 0.6) is 17.2 Å². The lowest BCUT2D eigenvalue weighted by Crippen LogP contribution is -2.50. The largest absolute Gasteiger partial charge is 0.493 e. The average molecular weight is 857 g/mol. The molecule has 14 nitrogen and oxygen atoms in total. The van der Waals surface area contributed by atoms with E-state index in [1.165, 1.54) is 11.1 Å². The highest BCUT2D eigenvalue weighted by Gasteiger charge is 2.38. The predicted molar refractivity (Wildman–Crippen MR) is 229 cm³/mol. The summed E-state index contributed by atoms with van der Waals surface area (Å²) < 4.78 is 28.9. The third-order valence-corrected chi connectivity index (χ3v) is 11.4. The van der Waals surface area contributed by atoms with Gasteiger partial charge in [0.05, 0.1) is 33.2 Å². The minimum Gasteiger partial charge on any atom is -0.493 e. The van der Waals surface area contributed by atoms with Gasteiger partial charge in [0.15, 0.2) is 17.3 Å². The van der Waals surface area contributed by atoms with Crippen molar-refractivity contribution in [2.45, 2.75) is 116 Å². The quantitative estimate of drug-likeness (QED) is 0.0570. The number of piperidine rings is 1. The van der Waals surface area contributed by atoms with Crippen molar-refractivity contribution >= 4 is 35.4 Å². The second-order valence-electron chi connectivity index (χ2n) is 15.9. The Balaban J connectivity index is 1.21. The van der Waals surface area contributed by atoms with Gasteiger partial charge in [0.2, 0.25) is 5.91 Å². The van der Waals surface area contributed by atoms with Gasteiger partial charge in [-0.1, -0.05) is 43.3 Å². The SMILES string of the molecule is CC[C@H](C(=O)N1CCCC[C@H]1C(=O)O[C@H](CCc1ccc(C)c(C)c1)c1cccc(OCC(=O)CCCOCCC(=O)ON2C(=O)CCC2=O)c1)c1cc(C)c(OC)c(OC)c1. The van der Waals surface area contributed by atoms with Crippen LogP contribution < -0.4 is 14.2 Å². The Morgan fingerprint density at radius 2 is 1.60 bits per heavy atom. The van der Waals surface area contributed by atoms with E-state index in [4.69, 9.17) is 28.5 Å². The van der Waals surface area contributed by atoms with Crippen LogP contribution in [0.1, 0.15) is 117 Å². The summed E-state index contributed by atoms with van der Waals surface area (Å²) in [4.78, 5) is 83.1. The van der Waals surface area contributed by atoms with E-state index in [9.17, 15) is 28.8 Å². The molecule has 2 saturated heterocycles. The zero-order valence-electron chi connectivity index (χ0n) is 36.8. The molecule has 2 heterocycles. The van der Waals surface area contributed by atoms with Gasteiger partial charge in [0.25, 0.3) is 11.8 Å². The van der Waals surface area contributed by atoms with Crippen molar-refractivity contribution < 1.29 is 57.3 Å². The number of hydrogen-bond donors (Lipinski definition) is 0. The molecule has 2 fully saturated rings. The van der Waals surface area contributed by atoms with E-state index in [0.717, 1.165) is 29.5 Å². The van der Waals surface area contributed by atoms with Gasteiger partial charge in [-0.2, -0.15) is 0 Å². The molecule has 0 aromatic heterocycles. The highest BCUT2D eigenvalue weighted by molar-refractivity contribution is 6.01. The smallest absolute Gasteiger partial charge is 0.335 e. The minimum atomic E-state index is -0.754. The van der Waals surface area contributed by atoms with Crippen molar-refractivity contribution in [2.75, 3.05) is 40.6 Å². The number of esters is 1. The van der Waals surface area contributed by atoms with Crippen LogP contribution in [0.2, 0.25) is 0 Å². The summed E-state index contributed by atoms with van der Waals surface area (Å²) in [7, 11) is 3.15. The summed E-state index contributed by atoms with van der Waals surface area (Å²) in [5.74, 6) is -1.49. The van der Waals surface area contributed by atoms with E-state index in [0.29, 0.717) is 66.5 Å². The molecule has 0 bridgehead atoms. The Hall–Kier alpha value is -5.76. The summed E-state index contributed by atoms with van der Waals surface area (Å²) in [5.41, 5.74) is 5.82. The van der Waals surface area contributed by atoms with Gasteiger partial charge in [0, 0.05) is 32.4 Å². The van der Waals surface area contributed by atoms with Gasteiger partial charge in [-0.3, -0.25) is 19.2 Å². The van der Waals surface area contributed by atoms with Crippen LogP contribution in [-0.4, -0.2) is 92.0 Å². The Morgan fingerprint density at radius 1 is 0.823 bits per heavy atom. The second-order valence-corrected chi connectivity index (χ2v) is 15.9. The molecule has 14 heteroatoms. The molecule has 3 aromatic carbocycles. The molecule has 0 N–H and O–H groups in total. The first-order valence-corrected chi connectivity index (χ1v) is 21.5. The van der Waals surface area contributed by atoms with Gasteiger partial charge in [-0.05, 0) is 117 Å². The summed E-state index contributed by atoms with van der Waals surface area (Å²) in [6.45, 7) is 8.49. The maximum atomic E-state index is 14.4. The summed E-state index contributed by atoms with van der Waals surface area (Å²) >= 11 is 0. The van der Waals surface area contributed by atoms with E-state index in [2.05, 4.69) is 32.0 Å². The number of carbonyl (C=O) groups excluding carboxylic acids is 6. The number of ketones is 1. The number of Topliss-reactive ketones (excluding diaryl/α,β-unsaturated/α-hetero) is 1. The fraction of sp³-hybridized carbons (Fsp3) is 0.500. The standard InChI is InChI=1S/C48H60N2O12/c1-7-39(36-27-33(4)46(58-6)42(29-36)57-5)47(55)49-23-9-8-15-40(49)48(56)61-41(19-18-34-17-16-31(2)32(3)26-34)35-12-10-14-38(28-35)60-30-37(51)13-11-24-59-25-22-45(54)62-50-43(52)20-21-44(50)53/h10,12,14,16-17,26-29,39-41H,7-9,11,13,15,18-25,30H2,1-6H3/t39-,40-,41+/m0/s1. The monoisotopic (exact) mass is 856 g/mol. The molecule has 0 radical (unpaired) electrons. The van der Waals surface area contributed by atoms with Crippen molar-refractivity contribution in [2.24, 2.45) is 0 Å². The fourth-order valence-corrected chi connectivity index (χ4v) is 7.82. The number of methoxy groups -OCH3 is 2. The lowest BCUT2D eigenvalue weighted by atomic mass is 9.91. The van der Waals surface area contributed by atoms with E-state index >= 15 is 0 Å². The minimum absolute atomic E-state index is 0.00913. The zero-order valence-corrected chi connectivity index (χ0v) is 36.8. The Kier molecular flexibility index (Phi) is 17.5. The molecule has 5 rings (SSSR count). The molecule has 0 spiro atoms. The number of rotatable bonds is 22. The number of nitrogens with zero attached hydrogens (tertiary/aromatic N) is 2. The number of amides is 3. The van der Waals surface area contributed by atoms with Crippen LogP contribution in [0.15, 0.2) is 54.6 Å². The number of aryl methyl sites for hydroxylation is 4. The molecule has 0 aliphatic carbocycles. The molecule has 3 aromatic rings. The molecular formula is C48H60N2O12. The first kappa shape index (κ1) is 47.3. The highest BCUT2D eigenvalue weighted by atomic mass is 16.7. The lowest BCUT2D eigenvalue weighted by molar-refractivity contribution is -0.198. The number of carbonyl (C=O) groups is 6. The zero-order chi connectivity index (χ0) is 44.8. The van der Waals surface area contributed by atoms with Gasteiger partial charge in [-0.15, -0.1) is 5.06 Å². The first-order valence-electron chi connectivity index (χ1n) is 21.5. The third kappa shape index (κ3) is 12.7. The lowest BCUT2D eigenvalue weighted by Gasteiger charge is -2.37. The Bertz CT molecular complexity index is 2070. The molecule has 62 heavy (non-hydrogen) atoms. The number of ether oxygens (including phenoxy) is 5. The number of likely N-dealkylation sites (tertiary alicyclic amines) is 1. The van der Waals surface area contributed by atoms with Gasteiger partial charge in [0.1, 0.15) is 24.5 Å². The molecule has 0 saturated carbocycles. The van der Waals surface area contributed by atoms with Crippen molar-refractivity contribution in [1.82, 2.24) is 9.96 Å². The molecule has 334 valence electrons. The predicted octanol–water partition coefficient (Wildman–Crippen LogP) is 7.16. The molecule has 3 atom stereocenters. The first-order chi connectivity index (χ1) is 29.8. The van der Waals surface area contributed by atoms with Crippen molar-refractivity contribution in [3.05, 3.63) is 88.0 Å². The Morgan fingerprint density at radius 3 is 2.31 bits per heavy atom. The van der Waals surface area contributed by atoms with E-state index < -0.39 is 41.8 Å². The van der Waals surface area contributed by atoms with Gasteiger partial charge < -0.3 is 33.4 Å². The molecule has 0 unspecified atom stereocenters. The number of benzene rings is 3. The summed E-state index contributed by atoms with van der Waals surface area (Å²) in [5, 5.41) is 0.496. The van der Waals surface area contributed by atoms with E-state index in [1.807, 2.05) is 32.0 Å². The number of imide groups is 1. The molecule has 2 aliphatic heterocycles. The van der Waals surface area contributed by atoms with Crippen LogP contribution in [-0.2, 0) is 49.5 Å². The normalized spacial score (nSPS) is 16.1. The van der Waals surface area contributed by atoms with Crippen LogP contribution in [0.3, 0.4) is 0 Å². The van der Waals surface area contributed by atoms with Crippen molar-refractivity contribution in [3.63, 3.8) is 0 Å². The van der Waals surface area contributed by atoms with Crippen LogP contribution >= 0.6 is 0 Å². The van der Waals surface area contributed by atoms with Crippen LogP contribution in [0.25, 0.3) is 0 Å². The van der Waals surface area contributed by atoms with Crippen LogP contribution in [0.4, 0.5) is 0 Å². The molecule has 2 aliphatic rings. The fourth-order valence-electron chi connectivity index (χ4n) is 7.82. The third-order valence-electron chi connectivity index (χ3n) is 11.4. The maximum Gasteiger partial charge on any atom is 0.335 e. The molecule has 3 amide bonds. The summed E-state index contributed by atoms with van der Waals surface area (Å²) in [6.07, 6.45) is 3.48. The Labute approximate surface area is 364 Å². The van der Waals surface area contributed by atoms with E-state index in [1.54, 1.807) is 37.3 Å².